The Hall–Kier alpha value is -3.14. The molecule has 3 aromatic carbocycles. The SMILES string of the molecule is CCC(CC)C(=O)/C=C(\O)C(CC)CC.[2H]C1(C2=C[N-]C(c3[c-]c(C([2H])([2H])[2H])cc4c3oc3ccccc34)c3ccc(C4([2H])CCCC4)cc32)CC1.[Ir]. The van der Waals surface area contributed by atoms with Crippen molar-refractivity contribution in [3.05, 3.63) is 106 Å². The van der Waals surface area contributed by atoms with Gasteiger partial charge in [0.2, 0.25) is 0 Å². The number of carbonyl (C=O) groups excluding carboxylic acids is 1. The van der Waals surface area contributed by atoms with Crippen LogP contribution in [0.2, 0.25) is 0 Å². The number of aryl methyl sites for hydroxylation is 1. The van der Waals surface area contributed by atoms with Crippen LogP contribution in [-0.2, 0) is 24.9 Å². The van der Waals surface area contributed by atoms with E-state index in [9.17, 15) is 9.90 Å². The maximum absolute atomic E-state index is 11.7. The predicted molar refractivity (Wildman–Crippen MR) is 195 cm³/mol. The first-order valence-electron chi connectivity index (χ1n) is 20.1. The van der Waals surface area contributed by atoms with Gasteiger partial charge in [0.05, 0.1) is 5.76 Å². The van der Waals surface area contributed by atoms with Gasteiger partial charge < -0.3 is 14.8 Å². The van der Waals surface area contributed by atoms with Crippen molar-refractivity contribution in [3.63, 3.8) is 0 Å². The molecule has 3 aliphatic rings. The number of allylic oxidation sites excluding steroid dienone is 3. The van der Waals surface area contributed by atoms with Crippen LogP contribution in [0.25, 0.3) is 32.8 Å². The zero-order valence-corrected chi connectivity index (χ0v) is 31.0. The zero-order chi connectivity index (χ0) is 37.4. The van der Waals surface area contributed by atoms with Crippen molar-refractivity contribution < 1.29 is 41.3 Å². The molecule has 0 amide bonds. The van der Waals surface area contributed by atoms with Crippen LogP contribution in [0.3, 0.4) is 0 Å². The summed E-state index contributed by atoms with van der Waals surface area (Å²) in [5.41, 5.74) is 5.79. The molecule has 257 valence electrons. The topological polar surface area (TPSA) is 64.5 Å². The molecule has 48 heavy (non-hydrogen) atoms. The Bertz CT molecular complexity index is 2000. The van der Waals surface area contributed by atoms with Gasteiger partial charge in [-0.3, -0.25) is 4.79 Å². The summed E-state index contributed by atoms with van der Waals surface area (Å²) in [5, 5.41) is 16.3. The van der Waals surface area contributed by atoms with E-state index < -0.39 is 24.7 Å². The number of hydrogen-bond acceptors (Lipinski definition) is 3. The monoisotopic (exact) mass is 827 g/mol. The van der Waals surface area contributed by atoms with Crippen LogP contribution in [0.15, 0.2) is 71.0 Å². The van der Waals surface area contributed by atoms with Crippen molar-refractivity contribution in [3.8, 4) is 0 Å². The van der Waals surface area contributed by atoms with Crippen LogP contribution in [0.5, 0.6) is 0 Å². The van der Waals surface area contributed by atoms with E-state index in [1.54, 1.807) is 6.07 Å². The van der Waals surface area contributed by atoms with Crippen LogP contribution in [0.4, 0.5) is 0 Å². The van der Waals surface area contributed by atoms with Crippen LogP contribution in [-0.4, -0.2) is 10.9 Å². The summed E-state index contributed by atoms with van der Waals surface area (Å²) < 4.78 is 48.6. The van der Waals surface area contributed by atoms with E-state index in [4.69, 9.17) is 16.6 Å². The second-order valence-corrected chi connectivity index (χ2v) is 13.2. The van der Waals surface area contributed by atoms with E-state index in [-0.39, 0.29) is 49.0 Å². The normalized spacial score (nSPS) is 21.0. The molecule has 1 N–H and O–H groups in total. The molecule has 2 aliphatic carbocycles. The number of para-hydroxylation sites is 1. The summed E-state index contributed by atoms with van der Waals surface area (Å²) in [4.78, 5) is 11.7. The fourth-order valence-corrected chi connectivity index (χ4v) is 7.24. The van der Waals surface area contributed by atoms with Crippen LogP contribution in [0, 0.1) is 30.6 Å². The molecule has 1 aromatic heterocycles. The predicted octanol–water partition coefficient (Wildman–Crippen LogP) is 12.4. The molecule has 7 rings (SSSR count). The smallest absolute Gasteiger partial charge is 0.162 e. The zero-order valence-electron chi connectivity index (χ0n) is 33.6. The number of furan rings is 1. The maximum Gasteiger partial charge on any atom is 0.162 e. The van der Waals surface area contributed by atoms with Gasteiger partial charge in [-0.15, -0.1) is 5.56 Å². The van der Waals surface area contributed by atoms with Gasteiger partial charge in [0.15, 0.2) is 5.78 Å². The first-order chi connectivity index (χ1) is 24.8. The average molecular weight is 827 g/mol. The molecule has 5 heteroatoms. The minimum Gasteiger partial charge on any atom is -0.682 e. The molecular weight excluding hydrogens is 771 g/mol. The Kier molecular flexibility index (Phi) is 9.94. The van der Waals surface area contributed by atoms with Crippen molar-refractivity contribution >= 4 is 33.3 Å². The van der Waals surface area contributed by atoms with Gasteiger partial charge in [-0.25, -0.2) is 0 Å². The fourth-order valence-electron chi connectivity index (χ4n) is 7.24. The van der Waals surface area contributed by atoms with Gasteiger partial charge in [0.1, 0.15) is 5.58 Å². The van der Waals surface area contributed by atoms with Crippen molar-refractivity contribution in [1.82, 2.24) is 0 Å². The Morgan fingerprint density at radius 1 is 0.979 bits per heavy atom. The summed E-state index contributed by atoms with van der Waals surface area (Å²) >= 11 is 0. The largest absolute Gasteiger partial charge is 0.682 e. The standard InChI is InChI=1S/C30H27NO.C13H24O2.Ir/c1-18-14-25-22-8-4-5-9-28(22)32-30(25)26(15-18)29-23-13-12-21(19-6-2-3-7-19)16-24(23)27(17-31-29)20-10-11-20;1-5-10(6-2)12(14)9-13(15)11(7-3)8-4;/h4-5,8-9,12-14,16-17,19-20,29H,2-3,6-7,10-11H2,1H3;9-11,14H,5-8H2,1-4H3;/q-2;;/b;12-9-;/i1D3,19D,20D;;. The minimum atomic E-state index is -2.33. The molecule has 4 nitrogen and oxygen atoms in total. The molecule has 1 aliphatic heterocycles. The molecular formula is C43H51IrNO3-2. The molecule has 1 unspecified atom stereocenters. The number of aliphatic hydroxyl groups excluding tert-OH is 1. The average Bonchev–Trinajstić information content (AvgIpc) is 3.52. The third-order valence-corrected chi connectivity index (χ3v) is 10.3. The van der Waals surface area contributed by atoms with Gasteiger partial charge in [-0.2, -0.15) is 23.9 Å². The number of nitrogens with zero attached hydrogens (tertiary/aromatic N) is 1. The second-order valence-electron chi connectivity index (χ2n) is 13.2. The molecule has 2 heterocycles. The molecule has 0 saturated heterocycles. The first kappa shape index (κ1) is 29.7. The van der Waals surface area contributed by atoms with Gasteiger partial charge >= 0.3 is 0 Å². The molecule has 1 radical (unpaired) electrons. The number of benzene rings is 3. The van der Waals surface area contributed by atoms with Gasteiger partial charge in [-0.05, 0) is 80.3 Å². The molecule has 0 bridgehead atoms. The quantitative estimate of drug-likeness (QED) is 0.0984. The van der Waals surface area contributed by atoms with E-state index >= 15 is 0 Å². The number of ketones is 1. The fraction of sp³-hybridized carbons (Fsp3) is 0.465. The Morgan fingerprint density at radius 3 is 2.35 bits per heavy atom. The van der Waals surface area contributed by atoms with E-state index in [0.717, 1.165) is 97.2 Å². The minimum absolute atomic E-state index is 0. The molecule has 4 aromatic rings. The summed E-state index contributed by atoms with van der Waals surface area (Å²) in [5.74, 6) is -0.695. The Labute approximate surface area is 307 Å². The van der Waals surface area contributed by atoms with Crippen molar-refractivity contribution in [2.45, 2.75) is 111 Å². The van der Waals surface area contributed by atoms with Gasteiger partial charge in [-0.1, -0.05) is 106 Å². The maximum atomic E-state index is 11.7. The van der Waals surface area contributed by atoms with Gasteiger partial charge in [0.25, 0.3) is 0 Å². The van der Waals surface area contributed by atoms with E-state index in [1.165, 1.54) is 6.08 Å². The second kappa shape index (κ2) is 16.0. The van der Waals surface area contributed by atoms with Crippen molar-refractivity contribution in [2.24, 2.45) is 17.7 Å². The van der Waals surface area contributed by atoms with Gasteiger partial charge in [0, 0.05) is 55.8 Å². The summed E-state index contributed by atoms with van der Waals surface area (Å²) in [6, 6.07) is 18.2. The molecule has 1 atom stereocenters. The van der Waals surface area contributed by atoms with Crippen LogP contribution in [0.1, 0.15) is 139 Å². The Balaban J connectivity index is 0.000000290. The summed E-state index contributed by atoms with van der Waals surface area (Å²) in [6.45, 7) is 5.74. The van der Waals surface area contributed by atoms with Crippen LogP contribution >= 0.6 is 0 Å². The molecule has 2 saturated carbocycles. The number of hydrogen-bond donors (Lipinski definition) is 1. The van der Waals surface area contributed by atoms with E-state index in [1.807, 2.05) is 70.3 Å². The number of carbonyl (C=O) groups is 1. The number of rotatable bonds is 10. The van der Waals surface area contributed by atoms with E-state index in [2.05, 4.69) is 12.1 Å². The van der Waals surface area contributed by atoms with E-state index in [0.29, 0.717) is 16.7 Å². The number of fused-ring (bicyclic) bond motifs is 4. The van der Waals surface area contributed by atoms with Crippen LogP contribution < -0.4 is 0 Å². The molecule has 2 fully saturated rings. The third-order valence-electron chi connectivity index (χ3n) is 10.3. The summed E-state index contributed by atoms with van der Waals surface area (Å²) in [7, 11) is 0. The Morgan fingerprint density at radius 2 is 1.69 bits per heavy atom. The third kappa shape index (κ3) is 7.53. The number of aliphatic hydroxyl groups is 1. The van der Waals surface area contributed by atoms with Crippen molar-refractivity contribution in [1.29, 1.82) is 0 Å². The molecule has 0 spiro atoms. The van der Waals surface area contributed by atoms with Crippen molar-refractivity contribution in [2.75, 3.05) is 0 Å². The summed E-state index contributed by atoms with van der Waals surface area (Å²) in [6.07, 6.45) is 12.1. The first-order valence-corrected chi connectivity index (χ1v) is 17.6.